The minimum Gasteiger partial charge on any atom is -0.465 e. The molecule has 1 aliphatic heterocycles. The van der Waals surface area contributed by atoms with E-state index >= 15 is 0 Å². The number of amides is 2. The van der Waals surface area contributed by atoms with E-state index in [2.05, 4.69) is 10.6 Å². The lowest BCUT2D eigenvalue weighted by atomic mass is 9.91. The third kappa shape index (κ3) is 7.14. The molecular formula is C22H33N3O3S. The van der Waals surface area contributed by atoms with Gasteiger partial charge in [0, 0.05) is 30.6 Å². The van der Waals surface area contributed by atoms with Crippen molar-refractivity contribution in [1.29, 1.82) is 0 Å². The van der Waals surface area contributed by atoms with E-state index in [9.17, 15) is 14.7 Å². The number of hydrogen-bond donors (Lipinski definition) is 3. The number of nitrogens with one attached hydrogen (secondary N) is 2. The van der Waals surface area contributed by atoms with Gasteiger partial charge in [-0.15, -0.1) is 0 Å². The third-order valence-corrected chi connectivity index (χ3v) is 7.19. The molecule has 1 saturated heterocycles. The van der Waals surface area contributed by atoms with E-state index in [4.69, 9.17) is 0 Å². The number of para-hydroxylation sites is 1. The second kappa shape index (κ2) is 11.3. The molecule has 0 radical (unpaired) electrons. The smallest absolute Gasteiger partial charge is 0.405 e. The van der Waals surface area contributed by atoms with Gasteiger partial charge in [0.2, 0.25) is 5.91 Å². The summed E-state index contributed by atoms with van der Waals surface area (Å²) in [6, 6.07) is 9.80. The van der Waals surface area contributed by atoms with Gasteiger partial charge >= 0.3 is 6.09 Å². The van der Waals surface area contributed by atoms with Crippen LogP contribution in [-0.2, 0) is 4.79 Å². The van der Waals surface area contributed by atoms with Crippen molar-refractivity contribution in [3.8, 4) is 0 Å². The SMILES string of the molecule is O=C(O)N[C@@H](CSCC1CCCCC1)C(=O)N1CCC(Nc2ccccc2)CC1. The zero-order valence-corrected chi connectivity index (χ0v) is 17.8. The summed E-state index contributed by atoms with van der Waals surface area (Å²) >= 11 is 1.72. The predicted molar refractivity (Wildman–Crippen MR) is 119 cm³/mol. The fourth-order valence-corrected chi connectivity index (χ4v) is 5.53. The lowest BCUT2D eigenvalue weighted by Crippen LogP contribution is -2.52. The number of anilines is 1. The summed E-state index contributed by atoms with van der Waals surface area (Å²) in [5, 5.41) is 15.2. The molecule has 160 valence electrons. The van der Waals surface area contributed by atoms with Gasteiger partial charge in [-0.25, -0.2) is 4.79 Å². The number of carbonyl (C=O) groups excluding carboxylic acids is 1. The molecule has 2 fully saturated rings. The summed E-state index contributed by atoms with van der Waals surface area (Å²) in [5.74, 6) is 2.17. The van der Waals surface area contributed by atoms with Crippen molar-refractivity contribution in [2.24, 2.45) is 5.92 Å². The van der Waals surface area contributed by atoms with Crippen LogP contribution in [0.1, 0.15) is 44.9 Å². The molecule has 2 amide bonds. The molecule has 0 aromatic heterocycles. The molecule has 0 unspecified atom stereocenters. The average molecular weight is 420 g/mol. The van der Waals surface area contributed by atoms with Crippen LogP contribution in [0, 0.1) is 5.92 Å². The summed E-state index contributed by atoms with van der Waals surface area (Å²) in [7, 11) is 0. The largest absolute Gasteiger partial charge is 0.465 e. The van der Waals surface area contributed by atoms with E-state index in [1.807, 2.05) is 35.2 Å². The van der Waals surface area contributed by atoms with Crippen LogP contribution in [0.4, 0.5) is 10.5 Å². The summed E-state index contributed by atoms with van der Waals surface area (Å²) in [5.41, 5.74) is 1.10. The third-order valence-electron chi connectivity index (χ3n) is 5.91. The Morgan fingerprint density at radius 1 is 1.07 bits per heavy atom. The van der Waals surface area contributed by atoms with Gasteiger partial charge in [-0.3, -0.25) is 4.79 Å². The second-order valence-corrected chi connectivity index (χ2v) is 9.23. The minimum absolute atomic E-state index is 0.0818. The van der Waals surface area contributed by atoms with Gasteiger partial charge in [0.1, 0.15) is 6.04 Å². The Morgan fingerprint density at radius 3 is 2.41 bits per heavy atom. The molecule has 1 heterocycles. The van der Waals surface area contributed by atoms with Crippen molar-refractivity contribution in [2.45, 2.75) is 57.0 Å². The zero-order chi connectivity index (χ0) is 20.5. The Labute approximate surface area is 177 Å². The number of thioether (sulfide) groups is 1. The van der Waals surface area contributed by atoms with Gasteiger partial charge in [-0.1, -0.05) is 37.5 Å². The number of carbonyl (C=O) groups is 2. The van der Waals surface area contributed by atoms with Crippen molar-refractivity contribution in [3.05, 3.63) is 30.3 Å². The van der Waals surface area contributed by atoms with Crippen LogP contribution in [0.3, 0.4) is 0 Å². The molecule has 1 saturated carbocycles. The summed E-state index contributed by atoms with van der Waals surface area (Å²) in [6.07, 6.45) is 7.07. The van der Waals surface area contributed by atoms with Gasteiger partial charge in [0.05, 0.1) is 0 Å². The van der Waals surface area contributed by atoms with Crippen LogP contribution in [0.15, 0.2) is 30.3 Å². The Bertz CT molecular complexity index is 644. The van der Waals surface area contributed by atoms with Crippen LogP contribution in [0.2, 0.25) is 0 Å². The van der Waals surface area contributed by atoms with Crippen LogP contribution in [-0.4, -0.2) is 58.7 Å². The lowest BCUT2D eigenvalue weighted by molar-refractivity contribution is -0.133. The van der Waals surface area contributed by atoms with Crippen molar-refractivity contribution < 1.29 is 14.7 Å². The van der Waals surface area contributed by atoms with Gasteiger partial charge in [-0.05, 0) is 49.5 Å². The average Bonchev–Trinajstić information content (AvgIpc) is 2.74. The Morgan fingerprint density at radius 2 is 1.76 bits per heavy atom. The van der Waals surface area contributed by atoms with E-state index in [1.165, 1.54) is 32.1 Å². The molecular weight excluding hydrogens is 386 g/mol. The fourth-order valence-electron chi connectivity index (χ4n) is 4.26. The topological polar surface area (TPSA) is 81.7 Å². The number of rotatable bonds is 8. The van der Waals surface area contributed by atoms with Crippen molar-refractivity contribution in [3.63, 3.8) is 0 Å². The first kappa shape index (κ1) is 21.8. The molecule has 7 heteroatoms. The summed E-state index contributed by atoms with van der Waals surface area (Å²) < 4.78 is 0. The van der Waals surface area contributed by atoms with E-state index in [1.54, 1.807) is 11.8 Å². The minimum atomic E-state index is -1.12. The monoisotopic (exact) mass is 419 g/mol. The van der Waals surface area contributed by atoms with Crippen LogP contribution >= 0.6 is 11.8 Å². The van der Waals surface area contributed by atoms with Crippen LogP contribution < -0.4 is 10.6 Å². The molecule has 29 heavy (non-hydrogen) atoms. The predicted octanol–water partition coefficient (Wildman–Crippen LogP) is 4.04. The van der Waals surface area contributed by atoms with Gasteiger partial charge in [-0.2, -0.15) is 11.8 Å². The first-order valence-corrected chi connectivity index (χ1v) is 11.9. The molecule has 2 aliphatic rings. The number of hydrogen-bond acceptors (Lipinski definition) is 4. The van der Waals surface area contributed by atoms with Crippen molar-refractivity contribution in [2.75, 3.05) is 29.9 Å². The molecule has 1 aromatic rings. The molecule has 1 aromatic carbocycles. The van der Waals surface area contributed by atoms with Crippen LogP contribution in [0.25, 0.3) is 0 Å². The van der Waals surface area contributed by atoms with E-state index in [0.29, 0.717) is 30.8 Å². The number of carboxylic acid groups (broad SMARTS) is 1. The number of benzene rings is 1. The highest BCUT2D eigenvalue weighted by Crippen LogP contribution is 2.27. The molecule has 3 N–H and O–H groups in total. The quantitative estimate of drug-likeness (QED) is 0.592. The lowest BCUT2D eigenvalue weighted by Gasteiger charge is -2.35. The molecule has 1 aliphatic carbocycles. The van der Waals surface area contributed by atoms with E-state index in [-0.39, 0.29) is 5.91 Å². The van der Waals surface area contributed by atoms with Gasteiger partial charge in [0.15, 0.2) is 0 Å². The summed E-state index contributed by atoms with van der Waals surface area (Å²) in [6.45, 7) is 1.32. The highest BCUT2D eigenvalue weighted by molar-refractivity contribution is 7.99. The first-order chi connectivity index (χ1) is 14.1. The Hall–Kier alpha value is -1.89. The van der Waals surface area contributed by atoms with E-state index < -0.39 is 12.1 Å². The van der Waals surface area contributed by atoms with Gasteiger partial charge in [0.25, 0.3) is 0 Å². The zero-order valence-electron chi connectivity index (χ0n) is 17.0. The molecule has 1 atom stereocenters. The maximum absolute atomic E-state index is 12.9. The molecule has 6 nitrogen and oxygen atoms in total. The van der Waals surface area contributed by atoms with Crippen molar-refractivity contribution in [1.82, 2.24) is 10.2 Å². The second-order valence-electron chi connectivity index (χ2n) is 8.15. The number of likely N-dealkylation sites (tertiary alicyclic amines) is 1. The maximum atomic E-state index is 12.9. The Balaban J connectivity index is 1.45. The number of nitrogens with zero attached hydrogens (tertiary/aromatic N) is 1. The first-order valence-electron chi connectivity index (χ1n) is 10.8. The number of piperidine rings is 1. The fraction of sp³-hybridized carbons (Fsp3) is 0.636. The Kier molecular flexibility index (Phi) is 8.52. The normalized spacial score (nSPS) is 19.5. The summed E-state index contributed by atoms with van der Waals surface area (Å²) in [4.78, 5) is 26.0. The standard InChI is InChI=1S/C22H33N3O3S/c26-21(20(24-22(27)28)16-29-15-17-7-3-1-4-8-17)25-13-11-19(12-14-25)23-18-9-5-2-6-10-18/h2,5-6,9-10,17,19-20,23-24H,1,3-4,7-8,11-16H2,(H,27,28)/t20-/m0/s1. The molecule has 3 rings (SSSR count). The maximum Gasteiger partial charge on any atom is 0.405 e. The van der Waals surface area contributed by atoms with Gasteiger partial charge < -0.3 is 20.6 Å². The highest BCUT2D eigenvalue weighted by atomic mass is 32.2. The van der Waals surface area contributed by atoms with Crippen LogP contribution in [0.5, 0.6) is 0 Å². The molecule has 0 bridgehead atoms. The van der Waals surface area contributed by atoms with E-state index in [0.717, 1.165) is 24.3 Å². The molecule has 0 spiro atoms. The highest BCUT2D eigenvalue weighted by Gasteiger charge is 2.29. The van der Waals surface area contributed by atoms with Crippen molar-refractivity contribution >= 4 is 29.4 Å².